The average Bonchev–Trinajstić information content (AvgIpc) is 2.95. The molecule has 5 nitrogen and oxygen atoms in total. The monoisotopic (exact) mass is 328 g/mol. The van der Waals surface area contributed by atoms with Crippen molar-refractivity contribution in [1.29, 1.82) is 0 Å². The van der Waals surface area contributed by atoms with Crippen molar-refractivity contribution in [3.63, 3.8) is 0 Å². The van der Waals surface area contributed by atoms with E-state index in [0.717, 1.165) is 28.6 Å². The summed E-state index contributed by atoms with van der Waals surface area (Å²) in [5, 5.41) is 11.8. The quantitative estimate of drug-likeness (QED) is 0.851. The zero-order chi connectivity index (χ0) is 16.1. The highest BCUT2D eigenvalue weighted by atomic mass is 32.2. The van der Waals surface area contributed by atoms with Crippen LogP contribution in [-0.2, 0) is 11.8 Å². The summed E-state index contributed by atoms with van der Waals surface area (Å²) in [7, 11) is 1.90. The number of allylic oxidation sites excluding steroid dienone is 2. The van der Waals surface area contributed by atoms with Crippen molar-refractivity contribution >= 4 is 23.4 Å². The van der Waals surface area contributed by atoms with Gasteiger partial charge in [-0.3, -0.25) is 4.79 Å². The molecule has 0 fully saturated rings. The van der Waals surface area contributed by atoms with Crippen molar-refractivity contribution in [1.82, 2.24) is 14.8 Å². The maximum Gasteiger partial charge on any atom is 0.224 e. The second-order valence-electron chi connectivity index (χ2n) is 5.69. The largest absolute Gasteiger partial charge is 0.325 e. The van der Waals surface area contributed by atoms with Gasteiger partial charge in [-0.2, -0.15) is 0 Å². The third kappa shape index (κ3) is 4.22. The zero-order valence-corrected chi connectivity index (χ0v) is 13.9. The van der Waals surface area contributed by atoms with Gasteiger partial charge in [-0.05, 0) is 49.1 Å². The molecule has 1 aromatic heterocycles. The van der Waals surface area contributed by atoms with Gasteiger partial charge in [-0.15, -0.1) is 10.2 Å². The molecule has 2 aromatic rings. The van der Waals surface area contributed by atoms with Gasteiger partial charge in [0.15, 0.2) is 5.16 Å². The number of carbonyl (C=O) groups excluding carboxylic acids is 1. The van der Waals surface area contributed by atoms with Gasteiger partial charge >= 0.3 is 0 Å². The van der Waals surface area contributed by atoms with E-state index in [2.05, 4.69) is 27.7 Å². The Bertz CT molecular complexity index is 710. The summed E-state index contributed by atoms with van der Waals surface area (Å²) < 4.78 is 1.86. The van der Waals surface area contributed by atoms with Crippen molar-refractivity contribution in [2.24, 2.45) is 13.0 Å². The van der Waals surface area contributed by atoms with Gasteiger partial charge in [-0.25, -0.2) is 0 Å². The molecule has 6 heteroatoms. The Morgan fingerprint density at radius 1 is 1.43 bits per heavy atom. The van der Waals surface area contributed by atoms with Gasteiger partial charge in [-0.1, -0.05) is 24.3 Å². The number of anilines is 1. The molecule has 1 N–H and O–H groups in total. The van der Waals surface area contributed by atoms with Gasteiger partial charge in [0.05, 0.1) is 5.69 Å². The normalized spacial score (nSPS) is 17.2. The summed E-state index contributed by atoms with van der Waals surface area (Å²) in [5.41, 5.74) is 0.824. The fourth-order valence-electron chi connectivity index (χ4n) is 2.61. The third-order valence-electron chi connectivity index (χ3n) is 3.83. The molecule has 23 heavy (non-hydrogen) atoms. The molecule has 1 amide bonds. The molecule has 0 saturated carbocycles. The first-order valence-electron chi connectivity index (χ1n) is 7.80. The van der Waals surface area contributed by atoms with Gasteiger partial charge in [0.1, 0.15) is 6.33 Å². The highest BCUT2D eigenvalue weighted by Gasteiger charge is 2.15. The lowest BCUT2D eigenvalue weighted by Crippen LogP contribution is -2.17. The Morgan fingerprint density at radius 2 is 2.30 bits per heavy atom. The van der Waals surface area contributed by atoms with E-state index >= 15 is 0 Å². The van der Waals surface area contributed by atoms with Crippen LogP contribution in [0.5, 0.6) is 0 Å². The van der Waals surface area contributed by atoms with E-state index < -0.39 is 0 Å². The molecular formula is C17H20N4OS. The number of nitrogens with one attached hydrogen (secondary N) is 1. The van der Waals surface area contributed by atoms with Crippen molar-refractivity contribution < 1.29 is 4.79 Å². The Labute approximate surface area is 140 Å². The van der Waals surface area contributed by atoms with E-state index in [9.17, 15) is 4.79 Å². The standard InChI is InChI=1S/C17H20N4OS/c1-21-12-18-20-17(21)23-15-10-6-5-9-14(15)19-16(22)11-13-7-3-2-4-8-13/h3,5-7,9-10,12-13H,2,4,8,11H2,1H3,(H,19,22)/t13-/m0/s1. The summed E-state index contributed by atoms with van der Waals surface area (Å²) in [6.07, 6.45) is 9.96. The van der Waals surface area contributed by atoms with Crippen LogP contribution in [0, 0.1) is 5.92 Å². The van der Waals surface area contributed by atoms with Gasteiger partial charge in [0.2, 0.25) is 5.91 Å². The number of rotatable bonds is 5. The maximum atomic E-state index is 12.3. The number of amides is 1. The summed E-state index contributed by atoms with van der Waals surface area (Å²) in [6, 6.07) is 7.79. The molecule has 0 aliphatic heterocycles. The first-order valence-corrected chi connectivity index (χ1v) is 8.61. The number of hydrogen-bond acceptors (Lipinski definition) is 4. The molecule has 1 aliphatic carbocycles. The van der Waals surface area contributed by atoms with E-state index in [0.29, 0.717) is 12.3 Å². The number of para-hydroxylation sites is 1. The third-order valence-corrected chi connectivity index (χ3v) is 4.96. The molecule has 3 rings (SSSR count). The second-order valence-corrected chi connectivity index (χ2v) is 6.70. The summed E-state index contributed by atoms with van der Waals surface area (Å²) in [4.78, 5) is 13.3. The first kappa shape index (κ1) is 15.8. The van der Waals surface area contributed by atoms with Crippen LogP contribution in [0.3, 0.4) is 0 Å². The SMILES string of the molecule is Cn1cnnc1Sc1ccccc1NC(=O)C[C@H]1C=CCCC1. The number of nitrogens with zero attached hydrogens (tertiary/aromatic N) is 3. The van der Waals surface area contributed by atoms with E-state index in [1.54, 1.807) is 6.33 Å². The summed E-state index contributed by atoms with van der Waals surface area (Å²) in [5.74, 6) is 0.426. The van der Waals surface area contributed by atoms with E-state index in [-0.39, 0.29) is 5.91 Å². The molecule has 120 valence electrons. The molecule has 1 aromatic carbocycles. The number of aryl methyl sites for hydroxylation is 1. The number of benzene rings is 1. The van der Waals surface area contributed by atoms with Gasteiger partial charge in [0, 0.05) is 18.4 Å². The molecule has 1 heterocycles. The summed E-state index contributed by atoms with van der Waals surface area (Å²) in [6.45, 7) is 0. The molecule has 0 unspecified atom stereocenters. The van der Waals surface area contributed by atoms with Crippen LogP contribution in [0.25, 0.3) is 0 Å². The van der Waals surface area contributed by atoms with Crippen LogP contribution < -0.4 is 5.32 Å². The van der Waals surface area contributed by atoms with Gasteiger partial charge in [0.25, 0.3) is 0 Å². The second kappa shape index (κ2) is 7.46. The lowest BCUT2D eigenvalue weighted by molar-refractivity contribution is -0.116. The van der Waals surface area contributed by atoms with Crippen LogP contribution in [0.1, 0.15) is 25.7 Å². The van der Waals surface area contributed by atoms with Crippen molar-refractivity contribution in [3.8, 4) is 0 Å². The first-order chi connectivity index (χ1) is 11.2. The van der Waals surface area contributed by atoms with Crippen LogP contribution in [0.15, 0.2) is 52.8 Å². The molecule has 1 aliphatic rings. The van der Waals surface area contributed by atoms with E-state index in [1.807, 2.05) is 35.9 Å². The number of hydrogen-bond donors (Lipinski definition) is 1. The number of aromatic nitrogens is 3. The van der Waals surface area contributed by atoms with E-state index in [4.69, 9.17) is 0 Å². The zero-order valence-electron chi connectivity index (χ0n) is 13.1. The van der Waals surface area contributed by atoms with Crippen molar-refractivity contribution in [2.45, 2.75) is 35.7 Å². The van der Waals surface area contributed by atoms with Crippen LogP contribution in [0.4, 0.5) is 5.69 Å². The molecule has 0 spiro atoms. The minimum Gasteiger partial charge on any atom is -0.325 e. The molecule has 0 radical (unpaired) electrons. The smallest absolute Gasteiger partial charge is 0.224 e. The predicted octanol–water partition coefficient (Wildman–Crippen LogP) is 3.65. The Morgan fingerprint density at radius 3 is 3.04 bits per heavy atom. The highest BCUT2D eigenvalue weighted by molar-refractivity contribution is 7.99. The molecular weight excluding hydrogens is 308 g/mol. The molecule has 1 atom stereocenters. The highest BCUT2D eigenvalue weighted by Crippen LogP contribution is 2.32. The van der Waals surface area contributed by atoms with Crippen molar-refractivity contribution in [3.05, 3.63) is 42.7 Å². The van der Waals surface area contributed by atoms with Crippen molar-refractivity contribution in [2.75, 3.05) is 5.32 Å². The Hall–Kier alpha value is -2.08. The summed E-state index contributed by atoms with van der Waals surface area (Å²) >= 11 is 1.50. The van der Waals surface area contributed by atoms with Crippen LogP contribution in [0.2, 0.25) is 0 Å². The fourth-order valence-corrected chi connectivity index (χ4v) is 3.47. The van der Waals surface area contributed by atoms with Crippen LogP contribution in [-0.4, -0.2) is 20.7 Å². The fraction of sp³-hybridized carbons (Fsp3) is 0.353. The maximum absolute atomic E-state index is 12.3. The number of carbonyl (C=O) groups is 1. The molecule has 0 saturated heterocycles. The van der Waals surface area contributed by atoms with Crippen LogP contribution >= 0.6 is 11.8 Å². The topological polar surface area (TPSA) is 59.8 Å². The minimum absolute atomic E-state index is 0.0626. The molecule has 0 bridgehead atoms. The minimum atomic E-state index is 0.0626. The average molecular weight is 328 g/mol. The van der Waals surface area contributed by atoms with E-state index in [1.165, 1.54) is 18.2 Å². The Kier molecular flexibility index (Phi) is 5.12. The van der Waals surface area contributed by atoms with Gasteiger partial charge < -0.3 is 9.88 Å². The lowest BCUT2D eigenvalue weighted by atomic mass is 9.93. The lowest BCUT2D eigenvalue weighted by Gasteiger charge is -2.16. The predicted molar refractivity (Wildman–Crippen MR) is 91.3 cm³/mol. The Balaban J connectivity index is 1.67.